The molecule has 1 aliphatic rings. The molecule has 0 spiro atoms. The van der Waals surface area contributed by atoms with Gasteiger partial charge in [-0.1, -0.05) is 0 Å². The molecule has 0 aliphatic heterocycles. The molecule has 18 heavy (non-hydrogen) atoms. The number of aromatic nitrogens is 2. The molecule has 3 rings (SSSR count). The average molecular weight is 242 g/mol. The number of aromatic amines is 1. The number of nitrogens with one attached hydrogen (secondary N) is 1. The molecule has 2 N–H and O–H groups in total. The van der Waals surface area contributed by atoms with Crippen LogP contribution >= 0.6 is 0 Å². The first-order valence-corrected chi connectivity index (χ1v) is 5.10. The Bertz CT molecular complexity index is 715. The highest BCUT2D eigenvalue weighted by atomic mass is 16.4. The number of carboxylic acids is 1. The van der Waals surface area contributed by atoms with Crippen molar-refractivity contribution in [2.45, 2.75) is 0 Å². The van der Waals surface area contributed by atoms with Crippen molar-refractivity contribution in [2.75, 3.05) is 0 Å². The van der Waals surface area contributed by atoms with E-state index in [9.17, 15) is 14.4 Å². The summed E-state index contributed by atoms with van der Waals surface area (Å²) >= 11 is 0. The van der Waals surface area contributed by atoms with Crippen molar-refractivity contribution in [2.24, 2.45) is 0 Å². The summed E-state index contributed by atoms with van der Waals surface area (Å²) in [6.45, 7) is 0. The molecule has 0 aromatic carbocycles. The van der Waals surface area contributed by atoms with E-state index < -0.39 is 17.5 Å². The molecule has 2 heterocycles. The standard InChI is InChI=1S/C12H6N2O4/c15-10-6-4-7(12(17)18)14-8(6)5-2-1-3-13-9(5)11(10)16/h1-4,14H,(H,17,18). The van der Waals surface area contributed by atoms with Crippen molar-refractivity contribution in [1.29, 1.82) is 0 Å². The van der Waals surface area contributed by atoms with Crippen LogP contribution in [0.2, 0.25) is 0 Å². The number of carbonyl (C=O) groups is 3. The van der Waals surface area contributed by atoms with Gasteiger partial charge >= 0.3 is 5.97 Å². The van der Waals surface area contributed by atoms with Crippen molar-refractivity contribution in [1.82, 2.24) is 9.97 Å². The number of carbonyl (C=O) groups excluding carboxylic acids is 2. The zero-order valence-corrected chi connectivity index (χ0v) is 8.93. The smallest absolute Gasteiger partial charge is 0.352 e. The molecule has 0 amide bonds. The van der Waals surface area contributed by atoms with Gasteiger partial charge in [-0.15, -0.1) is 0 Å². The Morgan fingerprint density at radius 1 is 1.22 bits per heavy atom. The van der Waals surface area contributed by atoms with E-state index in [4.69, 9.17) is 5.11 Å². The van der Waals surface area contributed by atoms with Crippen molar-refractivity contribution in [3.05, 3.63) is 41.3 Å². The van der Waals surface area contributed by atoms with Crippen LogP contribution in [0.5, 0.6) is 0 Å². The van der Waals surface area contributed by atoms with Crippen LogP contribution in [-0.4, -0.2) is 32.6 Å². The van der Waals surface area contributed by atoms with Crippen LogP contribution < -0.4 is 0 Å². The zero-order chi connectivity index (χ0) is 12.9. The van der Waals surface area contributed by atoms with Crippen molar-refractivity contribution >= 4 is 17.5 Å². The van der Waals surface area contributed by atoms with Gasteiger partial charge in [-0.25, -0.2) is 4.79 Å². The van der Waals surface area contributed by atoms with E-state index in [-0.39, 0.29) is 17.0 Å². The lowest BCUT2D eigenvalue weighted by molar-refractivity contribution is 0.0691. The molecule has 0 fully saturated rings. The number of fused-ring (bicyclic) bond motifs is 3. The third-order valence-electron chi connectivity index (χ3n) is 2.79. The highest BCUT2D eigenvalue weighted by Crippen LogP contribution is 2.32. The molecule has 6 nitrogen and oxygen atoms in total. The first-order valence-electron chi connectivity index (χ1n) is 5.10. The lowest BCUT2D eigenvalue weighted by Crippen LogP contribution is -2.21. The maximum Gasteiger partial charge on any atom is 0.352 e. The summed E-state index contributed by atoms with van der Waals surface area (Å²) in [6, 6.07) is 4.41. The van der Waals surface area contributed by atoms with Gasteiger partial charge in [0.15, 0.2) is 0 Å². The Hall–Kier alpha value is -2.76. The minimum atomic E-state index is -1.19. The topological polar surface area (TPSA) is 100 Å². The Balaban J connectivity index is 2.34. The molecular formula is C12H6N2O4. The fraction of sp³-hybridized carbons (Fsp3) is 0. The summed E-state index contributed by atoms with van der Waals surface area (Å²) in [6.07, 6.45) is 1.41. The lowest BCUT2D eigenvalue weighted by Gasteiger charge is -2.12. The number of carboxylic acid groups (broad SMARTS) is 1. The van der Waals surface area contributed by atoms with Crippen LogP contribution in [0, 0.1) is 0 Å². The summed E-state index contributed by atoms with van der Waals surface area (Å²) in [4.78, 5) is 41.0. The number of pyridine rings is 1. The fourth-order valence-corrected chi connectivity index (χ4v) is 1.98. The van der Waals surface area contributed by atoms with E-state index in [1.165, 1.54) is 12.3 Å². The van der Waals surface area contributed by atoms with E-state index in [1.54, 1.807) is 12.1 Å². The molecule has 6 heteroatoms. The van der Waals surface area contributed by atoms with Crippen LogP contribution in [0.4, 0.5) is 0 Å². The molecule has 0 saturated carbocycles. The monoisotopic (exact) mass is 242 g/mol. The Morgan fingerprint density at radius 2 is 2.00 bits per heavy atom. The van der Waals surface area contributed by atoms with Crippen molar-refractivity contribution < 1.29 is 19.5 Å². The van der Waals surface area contributed by atoms with Crippen molar-refractivity contribution in [3.63, 3.8) is 0 Å². The molecule has 0 radical (unpaired) electrons. The minimum absolute atomic E-state index is 0.0498. The highest BCUT2D eigenvalue weighted by molar-refractivity contribution is 6.52. The predicted molar refractivity (Wildman–Crippen MR) is 59.6 cm³/mol. The second-order valence-electron chi connectivity index (χ2n) is 3.83. The summed E-state index contributed by atoms with van der Waals surface area (Å²) in [5, 5.41) is 8.89. The average Bonchev–Trinajstić information content (AvgIpc) is 2.81. The van der Waals surface area contributed by atoms with Gasteiger partial charge in [-0.2, -0.15) is 0 Å². The molecule has 0 atom stereocenters. The number of nitrogens with zero attached hydrogens (tertiary/aromatic N) is 1. The van der Waals surface area contributed by atoms with E-state index in [0.29, 0.717) is 11.3 Å². The molecule has 1 aliphatic carbocycles. The fourth-order valence-electron chi connectivity index (χ4n) is 1.98. The largest absolute Gasteiger partial charge is 0.477 e. The van der Waals surface area contributed by atoms with Gasteiger partial charge in [-0.05, 0) is 18.2 Å². The van der Waals surface area contributed by atoms with Gasteiger partial charge in [0, 0.05) is 11.8 Å². The molecule has 2 aromatic heterocycles. The predicted octanol–water partition coefficient (Wildman–Crippen LogP) is 1.15. The van der Waals surface area contributed by atoms with Crippen LogP contribution in [0.25, 0.3) is 11.3 Å². The van der Waals surface area contributed by atoms with Crippen molar-refractivity contribution in [3.8, 4) is 11.3 Å². The molecule has 88 valence electrons. The van der Waals surface area contributed by atoms with E-state index in [2.05, 4.69) is 9.97 Å². The molecule has 0 bridgehead atoms. The SMILES string of the molecule is O=C(O)c1cc2c([nH]1)-c1cccnc1C(=O)C2=O. The Labute approximate surface area is 100 Å². The molecule has 2 aromatic rings. The van der Waals surface area contributed by atoms with Crippen LogP contribution in [-0.2, 0) is 0 Å². The van der Waals surface area contributed by atoms with Crippen LogP contribution in [0.1, 0.15) is 31.3 Å². The maximum absolute atomic E-state index is 11.8. The number of Topliss-reactive ketones (excluding diaryl/α,β-unsaturated/α-hetero) is 2. The molecular weight excluding hydrogens is 236 g/mol. The van der Waals surface area contributed by atoms with Gasteiger partial charge < -0.3 is 10.1 Å². The number of rotatable bonds is 1. The third kappa shape index (κ3) is 1.22. The number of H-pyrrole nitrogens is 1. The van der Waals surface area contributed by atoms with Gasteiger partial charge in [0.2, 0.25) is 5.78 Å². The Morgan fingerprint density at radius 3 is 2.72 bits per heavy atom. The number of hydrogen-bond acceptors (Lipinski definition) is 4. The quantitative estimate of drug-likeness (QED) is 0.730. The maximum atomic E-state index is 11.8. The number of aromatic carboxylic acids is 1. The number of hydrogen-bond donors (Lipinski definition) is 2. The van der Waals surface area contributed by atoms with Crippen LogP contribution in [0.15, 0.2) is 24.4 Å². The summed E-state index contributed by atoms with van der Waals surface area (Å²) in [5.74, 6) is -2.64. The summed E-state index contributed by atoms with van der Waals surface area (Å²) < 4.78 is 0. The zero-order valence-electron chi connectivity index (χ0n) is 8.93. The first-order chi connectivity index (χ1) is 8.59. The lowest BCUT2D eigenvalue weighted by atomic mass is 9.92. The van der Waals surface area contributed by atoms with E-state index >= 15 is 0 Å². The van der Waals surface area contributed by atoms with Crippen LogP contribution in [0.3, 0.4) is 0 Å². The Kier molecular flexibility index (Phi) is 1.94. The number of ketones is 2. The van der Waals surface area contributed by atoms with E-state index in [1.807, 2.05) is 0 Å². The second-order valence-corrected chi connectivity index (χ2v) is 3.83. The van der Waals surface area contributed by atoms with Gasteiger partial charge in [-0.3, -0.25) is 14.6 Å². The molecule has 0 saturated heterocycles. The normalized spacial score (nSPS) is 13.1. The second kappa shape index (κ2) is 3.36. The minimum Gasteiger partial charge on any atom is -0.477 e. The van der Waals surface area contributed by atoms with E-state index in [0.717, 1.165) is 0 Å². The van der Waals surface area contributed by atoms with Gasteiger partial charge in [0.25, 0.3) is 5.78 Å². The highest BCUT2D eigenvalue weighted by Gasteiger charge is 2.33. The van der Waals surface area contributed by atoms with Gasteiger partial charge in [0.05, 0.1) is 11.3 Å². The van der Waals surface area contributed by atoms with Gasteiger partial charge in [0.1, 0.15) is 11.4 Å². The summed E-state index contributed by atoms with van der Waals surface area (Å²) in [7, 11) is 0. The first kappa shape index (κ1) is 10.4. The summed E-state index contributed by atoms with van der Waals surface area (Å²) in [5.41, 5.74) is 0.786. The molecule has 0 unspecified atom stereocenters. The third-order valence-corrected chi connectivity index (χ3v) is 2.79.